The normalized spacial score (nSPS) is 16.5. The molecule has 0 saturated carbocycles. The summed E-state index contributed by atoms with van der Waals surface area (Å²) in [7, 11) is 0. The zero-order valence-electron chi connectivity index (χ0n) is 15.2. The highest BCUT2D eigenvalue weighted by Gasteiger charge is 2.31. The number of carbonyl (C=O) groups is 1. The van der Waals surface area contributed by atoms with E-state index in [1.807, 2.05) is 19.1 Å². The van der Waals surface area contributed by atoms with Crippen LogP contribution in [0.5, 0.6) is 0 Å². The average Bonchev–Trinajstić information content (AvgIpc) is 2.94. The van der Waals surface area contributed by atoms with Crippen LogP contribution in [-0.2, 0) is 4.79 Å². The Morgan fingerprint density at radius 3 is 2.71 bits per heavy atom. The minimum Gasteiger partial charge on any atom is -0.309 e. The van der Waals surface area contributed by atoms with Crippen molar-refractivity contribution in [2.24, 2.45) is 0 Å². The molecule has 6 nitrogen and oxygen atoms in total. The molecule has 3 heterocycles. The minimum atomic E-state index is -0.0499. The number of anilines is 1. The Morgan fingerprint density at radius 1 is 1.07 bits per heavy atom. The largest absolute Gasteiger partial charge is 0.309 e. The Bertz CT molecular complexity index is 1180. The maximum absolute atomic E-state index is 12.5. The van der Waals surface area contributed by atoms with E-state index < -0.39 is 0 Å². The van der Waals surface area contributed by atoms with Crippen LogP contribution < -0.4 is 5.32 Å². The van der Waals surface area contributed by atoms with Crippen LogP contribution >= 0.6 is 11.8 Å². The Morgan fingerprint density at radius 2 is 1.86 bits per heavy atom. The number of nitrogens with zero attached hydrogens (tertiary/aromatic N) is 4. The van der Waals surface area contributed by atoms with Crippen molar-refractivity contribution < 1.29 is 4.79 Å². The van der Waals surface area contributed by atoms with E-state index in [1.54, 1.807) is 34.9 Å². The standard InChI is InChI=1S/C21H17N5OS/c1-13-18-19(16-9-4-7-14-6-2-3-8-15(14)16)28-12-17(27)24-20(18)26(25-13)21-22-10-5-11-23-21/h2-11,19H,12H2,1H3,(H,24,27)/t19-/m1/s1. The molecule has 7 heteroatoms. The number of benzene rings is 2. The van der Waals surface area contributed by atoms with Gasteiger partial charge in [-0.15, -0.1) is 11.8 Å². The van der Waals surface area contributed by atoms with E-state index in [9.17, 15) is 4.79 Å². The summed E-state index contributed by atoms with van der Waals surface area (Å²) in [5.41, 5.74) is 3.03. The number of aromatic nitrogens is 4. The molecule has 0 bridgehead atoms. The highest BCUT2D eigenvalue weighted by Crippen LogP contribution is 2.45. The third kappa shape index (κ3) is 2.75. The third-order valence-corrected chi connectivity index (χ3v) is 6.11. The maximum atomic E-state index is 12.5. The van der Waals surface area contributed by atoms with E-state index >= 15 is 0 Å². The third-order valence-electron chi connectivity index (χ3n) is 4.86. The second-order valence-electron chi connectivity index (χ2n) is 6.62. The number of rotatable bonds is 2. The molecule has 0 unspecified atom stereocenters. The van der Waals surface area contributed by atoms with Crippen molar-refractivity contribution in [3.05, 3.63) is 77.7 Å². The van der Waals surface area contributed by atoms with Crippen LogP contribution in [0.2, 0.25) is 0 Å². The van der Waals surface area contributed by atoms with Crippen molar-refractivity contribution in [2.75, 3.05) is 11.1 Å². The predicted molar refractivity (Wildman–Crippen MR) is 111 cm³/mol. The van der Waals surface area contributed by atoms with Crippen LogP contribution in [0.15, 0.2) is 60.9 Å². The molecule has 1 aliphatic heterocycles. The Balaban J connectivity index is 1.75. The molecule has 1 amide bonds. The molecule has 138 valence electrons. The Hall–Kier alpha value is -3.19. The van der Waals surface area contributed by atoms with Crippen LogP contribution in [-0.4, -0.2) is 31.4 Å². The first-order valence-corrected chi connectivity index (χ1v) is 10.0. The first-order valence-electron chi connectivity index (χ1n) is 8.98. The molecule has 1 atom stereocenters. The lowest BCUT2D eigenvalue weighted by atomic mass is 9.98. The second kappa shape index (κ2) is 6.76. The molecule has 2 aromatic heterocycles. The zero-order chi connectivity index (χ0) is 19.1. The summed E-state index contributed by atoms with van der Waals surface area (Å²) in [5.74, 6) is 1.41. The molecule has 1 N–H and O–H groups in total. The Labute approximate surface area is 166 Å². The number of aryl methyl sites for hydroxylation is 1. The lowest BCUT2D eigenvalue weighted by Gasteiger charge is -2.17. The van der Waals surface area contributed by atoms with Gasteiger partial charge in [0.1, 0.15) is 5.82 Å². The fourth-order valence-electron chi connectivity index (χ4n) is 3.65. The smallest absolute Gasteiger partial charge is 0.252 e. The number of carbonyl (C=O) groups excluding carboxylic acids is 1. The van der Waals surface area contributed by atoms with Gasteiger partial charge in [0.2, 0.25) is 5.91 Å². The van der Waals surface area contributed by atoms with Gasteiger partial charge in [0.25, 0.3) is 5.95 Å². The molecule has 0 aliphatic carbocycles. The van der Waals surface area contributed by atoms with Gasteiger partial charge in [-0.05, 0) is 29.3 Å². The van der Waals surface area contributed by atoms with Crippen LogP contribution in [0.25, 0.3) is 16.7 Å². The van der Waals surface area contributed by atoms with Gasteiger partial charge in [-0.3, -0.25) is 4.79 Å². The Kier molecular flexibility index (Phi) is 4.09. The number of nitrogens with one attached hydrogen (secondary N) is 1. The van der Waals surface area contributed by atoms with Crippen molar-refractivity contribution in [2.45, 2.75) is 12.2 Å². The fourth-order valence-corrected chi connectivity index (χ4v) is 4.88. The van der Waals surface area contributed by atoms with E-state index in [0.29, 0.717) is 17.5 Å². The van der Waals surface area contributed by atoms with E-state index in [4.69, 9.17) is 0 Å². The lowest BCUT2D eigenvalue weighted by Crippen LogP contribution is -2.16. The maximum Gasteiger partial charge on any atom is 0.252 e. The summed E-state index contributed by atoms with van der Waals surface area (Å²) >= 11 is 1.62. The molecule has 0 saturated heterocycles. The van der Waals surface area contributed by atoms with Gasteiger partial charge in [-0.1, -0.05) is 42.5 Å². The average molecular weight is 387 g/mol. The van der Waals surface area contributed by atoms with Gasteiger partial charge >= 0.3 is 0 Å². The van der Waals surface area contributed by atoms with Gasteiger partial charge in [0, 0.05) is 18.0 Å². The summed E-state index contributed by atoms with van der Waals surface area (Å²) in [5, 5.41) is 10.0. The van der Waals surface area contributed by atoms with Crippen LogP contribution in [0.4, 0.5) is 5.82 Å². The van der Waals surface area contributed by atoms with Crippen molar-refractivity contribution in [1.82, 2.24) is 19.7 Å². The summed E-state index contributed by atoms with van der Waals surface area (Å²) in [4.78, 5) is 21.1. The first-order chi connectivity index (χ1) is 13.7. The van der Waals surface area contributed by atoms with Crippen molar-refractivity contribution >= 4 is 34.3 Å². The molecule has 4 aromatic rings. The quantitative estimate of drug-likeness (QED) is 0.565. The second-order valence-corrected chi connectivity index (χ2v) is 7.71. The zero-order valence-corrected chi connectivity index (χ0v) is 16.0. The van der Waals surface area contributed by atoms with E-state index in [0.717, 1.165) is 11.3 Å². The topological polar surface area (TPSA) is 72.7 Å². The van der Waals surface area contributed by atoms with Gasteiger partial charge in [0.15, 0.2) is 0 Å². The van der Waals surface area contributed by atoms with E-state index in [-0.39, 0.29) is 11.2 Å². The lowest BCUT2D eigenvalue weighted by molar-refractivity contribution is -0.113. The van der Waals surface area contributed by atoms with Crippen molar-refractivity contribution in [3.63, 3.8) is 0 Å². The minimum absolute atomic E-state index is 0.0162. The highest BCUT2D eigenvalue weighted by molar-refractivity contribution is 8.00. The van der Waals surface area contributed by atoms with Gasteiger partial charge in [-0.25, -0.2) is 9.97 Å². The number of fused-ring (bicyclic) bond motifs is 2. The number of thioether (sulfide) groups is 1. The van der Waals surface area contributed by atoms with E-state index in [2.05, 4.69) is 50.7 Å². The van der Waals surface area contributed by atoms with Gasteiger partial charge in [-0.2, -0.15) is 9.78 Å². The van der Waals surface area contributed by atoms with Crippen LogP contribution in [0.1, 0.15) is 22.1 Å². The van der Waals surface area contributed by atoms with Crippen LogP contribution in [0, 0.1) is 6.92 Å². The SMILES string of the molecule is Cc1nn(-c2ncccn2)c2c1[C@@H](c1cccc3ccccc13)SCC(=O)N2. The van der Waals surface area contributed by atoms with Gasteiger partial charge in [0.05, 0.1) is 16.7 Å². The molecular formula is C21H17N5OS. The molecule has 0 radical (unpaired) electrons. The van der Waals surface area contributed by atoms with Crippen molar-refractivity contribution in [3.8, 4) is 5.95 Å². The summed E-state index contributed by atoms with van der Waals surface area (Å²) < 4.78 is 1.63. The molecular weight excluding hydrogens is 370 g/mol. The highest BCUT2D eigenvalue weighted by atomic mass is 32.2. The summed E-state index contributed by atoms with van der Waals surface area (Å²) in [6.07, 6.45) is 3.34. The van der Waals surface area contributed by atoms with Crippen molar-refractivity contribution in [1.29, 1.82) is 0 Å². The molecule has 2 aromatic carbocycles. The van der Waals surface area contributed by atoms with Gasteiger partial charge < -0.3 is 5.32 Å². The predicted octanol–water partition coefficient (Wildman–Crippen LogP) is 3.90. The van der Waals surface area contributed by atoms with E-state index in [1.165, 1.54) is 16.3 Å². The number of hydrogen-bond acceptors (Lipinski definition) is 5. The number of hydrogen-bond donors (Lipinski definition) is 1. The molecule has 0 fully saturated rings. The molecule has 5 rings (SSSR count). The fraction of sp³-hybridized carbons (Fsp3) is 0.143. The molecule has 1 aliphatic rings. The first kappa shape index (κ1) is 16.9. The molecule has 0 spiro atoms. The summed E-state index contributed by atoms with van der Waals surface area (Å²) in [6, 6.07) is 16.4. The monoisotopic (exact) mass is 387 g/mol. The van der Waals surface area contributed by atoms with Crippen LogP contribution in [0.3, 0.4) is 0 Å². The summed E-state index contributed by atoms with van der Waals surface area (Å²) in [6.45, 7) is 1.97. The number of amides is 1. The molecule has 28 heavy (non-hydrogen) atoms.